The molecular formula is C55H68N2O8. The van der Waals surface area contributed by atoms with E-state index in [1.54, 1.807) is 11.0 Å². The number of fused-ring (bicyclic) bond motifs is 2. The van der Waals surface area contributed by atoms with Crippen LogP contribution in [0.5, 0.6) is 17.2 Å². The Morgan fingerprint density at radius 1 is 0.892 bits per heavy atom. The lowest BCUT2D eigenvalue weighted by molar-refractivity contribution is -0.255. The number of carbonyl (C=O) groups is 1. The van der Waals surface area contributed by atoms with Gasteiger partial charge >= 0.3 is 6.09 Å². The van der Waals surface area contributed by atoms with E-state index < -0.39 is 23.8 Å². The SMILES string of the molecule is C=CCOC12Oc3ccc(Oc4ccc(-c5ccccc5)cc4)cc3C3C(CCCCO)C(CCCCO)C=C(C(=NOCc4ccccc4)CC1N(CCC)C(=O)OCC(C)(C)C)C32. The van der Waals surface area contributed by atoms with Crippen molar-refractivity contribution in [2.75, 3.05) is 33.0 Å². The molecule has 6 unspecified atom stereocenters. The number of allylic oxidation sites excluding steroid dienone is 1. The van der Waals surface area contributed by atoms with Gasteiger partial charge in [0.15, 0.2) is 0 Å². The molecular weight excluding hydrogens is 817 g/mol. The molecule has 0 saturated heterocycles. The average Bonchev–Trinajstić information content (AvgIpc) is 3.31. The van der Waals surface area contributed by atoms with E-state index in [1.807, 2.05) is 93.6 Å². The van der Waals surface area contributed by atoms with E-state index in [4.69, 9.17) is 28.9 Å². The normalized spacial score (nSPS) is 22.8. The summed E-state index contributed by atoms with van der Waals surface area (Å²) in [4.78, 5) is 22.6. The van der Waals surface area contributed by atoms with Crippen LogP contribution >= 0.6 is 0 Å². The molecule has 1 saturated carbocycles. The molecule has 4 aromatic rings. The Kier molecular flexibility index (Phi) is 16.2. The predicted octanol–water partition coefficient (Wildman–Crippen LogP) is 11.9. The first-order valence-corrected chi connectivity index (χ1v) is 23.6. The quantitative estimate of drug-likeness (QED) is 0.0482. The number of benzene rings is 4. The molecule has 2 N–H and O–H groups in total. The van der Waals surface area contributed by atoms with Crippen molar-refractivity contribution in [3.05, 3.63) is 139 Å². The number of rotatable bonds is 21. The third kappa shape index (κ3) is 11.3. The van der Waals surface area contributed by atoms with E-state index in [1.165, 1.54) is 0 Å². The van der Waals surface area contributed by atoms with Gasteiger partial charge in [-0.05, 0) is 102 Å². The van der Waals surface area contributed by atoms with Gasteiger partial charge in [-0.1, -0.05) is 131 Å². The molecule has 1 amide bonds. The van der Waals surface area contributed by atoms with Gasteiger partial charge in [0.2, 0.25) is 5.79 Å². The molecule has 4 aromatic carbocycles. The fraction of sp³-hybridized carbons (Fsp3) is 0.455. The Labute approximate surface area is 385 Å². The van der Waals surface area contributed by atoms with Gasteiger partial charge in [0.25, 0.3) is 0 Å². The smallest absolute Gasteiger partial charge is 0.410 e. The molecule has 3 aliphatic rings. The summed E-state index contributed by atoms with van der Waals surface area (Å²) >= 11 is 0. The van der Waals surface area contributed by atoms with Gasteiger partial charge in [0.05, 0.1) is 24.8 Å². The monoisotopic (exact) mass is 884 g/mol. The van der Waals surface area contributed by atoms with Crippen LogP contribution in [0.2, 0.25) is 0 Å². The number of oxime groups is 1. The molecule has 7 rings (SSSR count). The molecule has 1 heterocycles. The zero-order valence-corrected chi connectivity index (χ0v) is 38.7. The van der Waals surface area contributed by atoms with Crippen LogP contribution in [0.25, 0.3) is 11.1 Å². The van der Waals surface area contributed by atoms with Gasteiger partial charge in [0.1, 0.15) is 29.9 Å². The number of amides is 1. The van der Waals surface area contributed by atoms with Crippen LogP contribution in [0.3, 0.4) is 0 Å². The fourth-order valence-corrected chi connectivity index (χ4v) is 9.93. The van der Waals surface area contributed by atoms with Gasteiger partial charge < -0.3 is 34.0 Å². The molecule has 346 valence electrons. The van der Waals surface area contributed by atoms with Crippen molar-refractivity contribution in [2.24, 2.45) is 28.3 Å². The first-order chi connectivity index (χ1) is 31.6. The van der Waals surface area contributed by atoms with E-state index in [9.17, 15) is 15.0 Å². The van der Waals surface area contributed by atoms with Crippen LogP contribution < -0.4 is 9.47 Å². The number of hydrogen-bond donors (Lipinski definition) is 2. The lowest BCUT2D eigenvalue weighted by Gasteiger charge is -2.60. The second kappa shape index (κ2) is 22.2. The lowest BCUT2D eigenvalue weighted by atomic mass is 9.55. The number of ether oxygens (including phenoxy) is 4. The minimum atomic E-state index is -1.38. The minimum absolute atomic E-state index is 0.0708. The molecule has 10 heteroatoms. The van der Waals surface area contributed by atoms with Crippen molar-refractivity contribution in [2.45, 2.75) is 103 Å². The summed E-state index contributed by atoms with van der Waals surface area (Å²) in [6.07, 6.45) is 9.31. The molecule has 1 fully saturated rings. The molecule has 0 spiro atoms. The largest absolute Gasteiger partial charge is 0.459 e. The van der Waals surface area contributed by atoms with Crippen molar-refractivity contribution < 1.29 is 38.8 Å². The molecule has 0 bridgehead atoms. The lowest BCUT2D eigenvalue weighted by Crippen LogP contribution is -2.70. The summed E-state index contributed by atoms with van der Waals surface area (Å²) in [5.74, 6) is 0.185. The molecule has 6 atom stereocenters. The summed E-state index contributed by atoms with van der Waals surface area (Å²) in [5.41, 5.74) is 5.67. The highest BCUT2D eigenvalue weighted by atomic mass is 16.7. The van der Waals surface area contributed by atoms with E-state index >= 15 is 0 Å². The second-order valence-electron chi connectivity index (χ2n) is 18.8. The molecule has 2 aliphatic carbocycles. The Hall–Kier alpha value is -5.42. The maximum absolute atomic E-state index is 14.6. The minimum Gasteiger partial charge on any atom is -0.459 e. The van der Waals surface area contributed by atoms with Crippen LogP contribution in [0.15, 0.2) is 133 Å². The summed E-state index contributed by atoms with van der Waals surface area (Å²) in [5, 5.41) is 25.0. The number of unbranched alkanes of at least 4 members (excludes halogenated alkanes) is 2. The average molecular weight is 885 g/mol. The second-order valence-corrected chi connectivity index (χ2v) is 18.8. The summed E-state index contributed by atoms with van der Waals surface area (Å²) in [7, 11) is 0. The highest BCUT2D eigenvalue weighted by molar-refractivity contribution is 6.03. The van der Waals surface area contributed by atoms with Crippen molar-refractivity contribution in [3.8, 4) is 28.4 Å². The van der Waals surface area contributed by atoms with Crippen LogP contribution in [0.1, 0.15) is 96.1 Å². The van der Waals surface area contributed by atoms with Gasteiger partial charge in [-0.25, -0.2) is 4.79 Å². The number of carbonyl (C=O) groups excluding carboxylic acids is 1. The Morgan fingerprint density at radius 3 is 2.25 bits per heavy atom. The molecule has 10 nitrogen and oxygen atoms in total. The predicted molar refractivity (Wildman–Crippen MR) is 256 cm³/mol. The molecule has 1 aliphatic heterocycles. The maximum atomic E-state index is 14.6. The third-order valence-corrected chi connectivity index (χ3v) is 12.8. The van der Waals surface area contributed by atoms with E-state index in [0.717, 1.165) is 59.2 Å². The number of aliphatic hydroxyl groups excluding tert-OH is 2. The van der Waals surface area contributed by atoms with E-state index in [2.05, 4.69) is 49.9 Å². The Balaban J connectivity index is 1.39. The van der Waals surface area contributed by atoms with Crippen LogP contribution in [-0.2, 0) is 20.9 Å². The highest BCUT2D eigenvalue weighted by Gasteiger charge is 2.65. The zero-order valence-electron chi connectivity index (χ0n) is 38.7. The maximum Gasteiger partial charge on any atom is 0.410 e. The molecule has 0 radical (unpaired) electrons. The standard InChI is InChI=1S/C55H68N2O8/c1-6-30-57(53(60)61-38-54(3,4)5)50-36-48(56-63-37-39-18-10-8-11-19-39)46-34-42(22-14-16-31-58)45(23-15-17-32-59)51-47-35-44(28-29-49(47)65-55(50,52(46)51)62-33-7-2)64-43-26-24-41(25-27-43)40-20-12-9-13-21-40/h7-13,18-21,24-29,34-35,42,45,50-52,58-59H,2,6,14-17,22-23,30-33,36-38H2,1,3-5H3. The summed E-state index contributed by atoms with van der Waals surface area (Å²) < 4.78 is 27.3. The third-order valence-electron chi connectivity index (χ3n) is 12.8. The molecule has 65 heavy (non-hydrogen) atoms. The van der Waals surface area contributed by atoms with E-state index in [0.29, 0.717) is 49.5 Å². The van der Waals surface area contributed by atoms with Crippen molar-refractivity contribution in [1.82, 2.24) is 4.90 Å². The van der Waals surface area contributed by atoms with E-state index in [-0.39, 0.29) is 56.2 Å². The van der Waals surface area contributed by atoms with Crippen molar-refractivity contribution in [1.29, 1.82) is 0 Å². The first kappa shape index (κ1) is 47.5. The fourth-order valence-electron chi connectivity index (χ4n) is 9.93. The van der Waals surface area contributed by atoms with Crippen molar-refractivity contribution >= 4 is 11.8 Å². The first-order valence-electron chi connectivity index (χ1n) is 23.6. The number of hydrogen-bond acceptors (Lipinski definition) is 9. The van der Waals surface area contributed by atoms with Gasteiger partial charge in [0, 0.05) is 37.7 Å². The Morgan fingerprint density at radius 2 is 1.57 bits per heavy atom. The highest BCUT2D eigenvalue weighted by Crippen LogP contribution is 2.62. The van der Waals surface area contributed by atoms with Crippen LogP contribution in [-0.4, -0.2) is 71.7 Å². The molecule has 0 aromatic heterocycles. The summed E-state index contributed by atoms with van der Waals surface area (Å²) in [6, 6.07) is 33.7. The van der Waals surface area contributed by atoms with Crippen LogP contribution in [0, 0.1) is 23.2 Å². The zero-order chi connectivity index (χ0) is 45.8. The van der Waals surface area contributed by atoms with Gasteiger partial charge in [-0.15, -0.1) is 6.58 Å². The summed E-state index contributed by atoms with van der Waals surface area (Å²) in [6.45, 7) is 13.6. The topological polar surface area (TPSA) is 119 Å². The van der Waals surface area contributed by atoms with Crippen molar-refractivity contribution in [3.63, 3.8) is 0 Å². The Bertz CT molecular complexity index is 2220. The van der Waals surface area contributed by atoms with Gasteiger partial charge in [-0.3, -0.25) is 4.90 Å². The number of aliphatic hydroxyl groups is 2. The number of nitrogens with zero attached hydrogens (tertiary/aromatic N) is 2. The van der Waals surface area contributed by atoms with Crippen LogP contribution in [0.4, 0.5) is 4.79 Å². The van der Waals surface area contributed by atoms with Gasteiger partial charge in [-0.2, -0.15) is 0 Å².